The molecule has 1 aromatic carbocycles. The third-order valence-electron chi connectivity index (χ3n) is 5.04. The Hall–Kier alpha value is -2.67. The summed E-state index contributed by atoms with van der Waals surface area (Å²) in [5, 5.41) is 2.88. The van der Waals surface area contributed by atoms with Crippen LogP contribution in [0.4, 0.5) is 4.39 Å². The Labute approximate surface area is 155 Å². The Bertz CT molecular complexity index is 1030. The molecule has 3 heterocycles. The molecule has 4 rings (SSSR count). The molecule has 0 radical (unpaired) electrons. The van der Waals surface area contributed by atoms with Crippen molar-refractivity contribution in [2.45, 2.75) is 38.3 Å². The molecule has 27 heavy (non-hydrogen) atoms. The number of carbonyl (C=O) groups excluding carboxylic acids is 1. The van der Waals surface area contributed by atoms with E-state index in [-0.39, 0.29) is 17.6 Å². The summed E-state index contributed by atoms with van der Waals surface area (Å²) in [7, 11) is 0. The van der Waals surface area contributed by atoms with Crippen LogP contribution in [0.1, 0.15) is 25.7 Å². The SMILES string of the molecule is O=C(CCCn1c(=O)c2cccn2c2ccc(F)cc21)NC[C@H]1CCCO1. The number of ether oxygens (including phenoxy) is 1. The molecule has 1 amide bonds. The van der Waals surface area contributed by atoms with Crippen molar-refractivity contribution >= 4 is 22.5 Å². The van der Waals surface area contributed by atoms with Crippen LogP contribution in [0.15, 0.2) is 41.3 Å². The molecule has 1 aliphatic heterocycles. The number of benzene rings is 1. The van der Waals surface area contributed by atoms with E-state index in [1.165, 1.54) is 12.1 Å². The number of rotatable bonds is 6. The largest absolute Gasteiger partial charge is 0.376 e. The van der Waals surface area contributed by atoms with Gasteiger partial charge >= 0.3 is 0 Å². The van der Waals surface area contributed by atoms with Crippen molar-refractivity contribution in [3.63, 3.8) is 0 Å². The van der Waals surface area contributed by atoms with Crippen LogP contribution in [0.3, 0.4) is 0 Å². The molecule has 0 spiro atoms. The number of aryl methyl sites for hydroxylation is 1. The Kier molecular flexibility index (Phi) is 4.94. The third kappa shape index (κ3) is 3.60. The molecule has 0 saturated carbocycles. The number of hydrogen-bond acceptors (Lipinski definition) is 3. The highest BCUT2D eigenvalue weighted by Crippen LogP contribution is 2.17. The second kappa shape index (κ2) is 7.52. The highest BCUT2D eigenvalue weighted by atomic mass is 19.1. The molecule has 1 atom stereocenters. The predicted octanol–water partition coefficient (Wildman–Crippen LogP) is 2.47. The second-order valence-electron chi connectivity index (χ2n) is 6.90. The van der Waals surface area contributed by atoms with Gasteiger partial charge in [-0.25, -0.2) is 4.39 Å². The number of carbonyl (C=O) groups is 1. The number of halogens is 1. The lowest BCUT2D eigenvalue weighted by atomic mass is 10.2. The van der Waals surface area contributed by atoms with Crippen LogP contribution in [0.5, 0.6) is 0 Å². The lowest BCUT2D eigenvalue weighted by molar-refractivity contribution is -0.121. The predicted molar refractivity (Wildman–Crippen MR) is 100 cm³/mol. The summed E-state index contributed by atoms with van der Waals surface area (Å²) in [4.78, 5) is 24.8. The number of hydrogen-bond donors (Lipinski definition) is 1. The maximum Gasteiger partial charge on any atom is 0.275 e. The van der Waals surface area contributed by atoms with Gasteiger partial charge < -0.3 is 19.0 Å². The maximum atomic E-state index is 13.8. The first-order valence-electron chi connectivity index (χ1n) is 9.31. The molecule has 1 N–H and O–H groups in total. The zero-order valence-electron chi connectivity index (χ0n) is 15.0. The molecule has 1 saturated heterocycles. The van der Waals surface area contributed by atoms with Crippen LogP contribution in [0.25, 0.3) is 16.6 Å². The zero-order chi connectivity index (χ0) is 18.8. The van der Waals surface area contributed by atoms with E-state index < -0.39 is 5.82 Å². The average Bonchev–Trinajstić information content (AvgIpc) is 3.34. The highest BCUT2D eigenvalue weighted by molar-refractivity contribution is 5.79. The molecule has 2 aromatic heterocycles. The van der Waals surface area contributed by atoms with Gasteiger partial charge in [0.2, 0.25) is 5.91 Å². The van der Waals surface area contributed by atoms with E-state index >= 15 is 0 Å². The Morgan fingerprint density at radius 2 is 2.15 bits per heavy atom. The zero-order valence-corrected chi connectivity index (χ0v) is 15.0. The first-order chi connectivity index (χ1) is 13.1. The topological polar surface area (TPSA) is 64.7 Å². The number of fused-ring (bicyclic) bond motifs is 3. The summed E-state index contributed by atoms with van der Waals surface area (Å²) < 4.78 is 22.6. The van der Waals surface area contributed by atoms with Gasteiger partial charge in [0.1, 0.15) is 11.3 Å². The molecule has 142 valence electrons. The van der Waals surface area contributed by atoms with Crippen LogP contribution in [0.2, 0.25) is 0 Å². The summed E-state index contributed by atoms with van der Waals surface area (Å²) in [6.07, 6.45) is 4.72. The van der Waals surface area contributed by atoms with E-state index in [2.05, 4.69) is 5.32 Å². The fourth-order valence-corrected chi connectivity index (χ4v) is 3.67. The highest BCUT2D eigenvalue weighted by Gasteiger charge is 2.16. The van der Waals surface area contributed by atoms with Crippen molar-refractivity contribution in [3.8, 4) is 0 Å². The van der Waals surface area contributed by atoms with Gasteiger partial charge in [-0.3, -0.25) is 9.59 Å². The van der Waals surface area contributed by atoms with Gasteiger partial charge in [-0.05, 0) is 49.6 Å². The quantitative estimate of drug-likeness (QED) is 0.724. The fourth-order valence-electron chi connectivity index (χ4n) is 3.67. The van der Waals surface area contributed by atoms with E-state index in [0.717, 1.165) is 25.0 Å². The Morgan fingerprint density at radius 1 is 1.26 bits per heavy atom. The van der Waals surface area contributed by atoms with Crippen LogP contribution in [0, 0.1) is 5.82 Å². The molecule has 7 heteroatoms. The average molecular weight is 371 g/mol. The van der Waals surface area contributed by atoms with Gasteiger partial charge in [-0.15, -0.1) is 0 Å². The van der Waals surface area contributed by atoms with Gasteiger partial charge in [0.25, 0.3) is 5.56 Å². The lowest BCUT2D eigenvalue weighted by Crippen LogP contribution is -2.32. The van der Waals surface area contributed by atoms with Gasteiger partial charge in [-0.1, -0.05) is 0 Å². The van der Waals surface area contributed by atoms with Crippen LogP contribution in [-0.4, -0.2) is 34.1 Å². The van der Waals surface area contributed by atoms with E-state index in [0.29, 0.717) is 37.0 Å². The minimum atomic E-state index is -0.392. The van der Waals surface area contributed by atoms with Crippen molar-refractivity contribution in [1.29, 1.82) is 0 Å². The first-order valence-corrected chi connectivity index (χ1v) is 9.31. The molecular weight excluding hydrogens is 349 g/mol. The van der Waals surface area contributed by atoms with Gasteiger partial charge in [0.05, 0.1) is 17.1 Å². The fraction of sp³-hybridized carbons (Fsp3) is 0.400. The Balaban J connectivity index is 1.49. The van der Waals surface area contributed by atoms with Crippen molar-refractivity contribution < 1.29 is 13.9 Å². The first kappa shape index (κ1) is 17.7. The second-order valence-corrected chi connectivity index (χ2v) is 6.90. The van der Waals surface area contributed by atoms with Crippen molar-refractivity contribution in [2.24, 2.45) is 0 Å². The smallest absolute Gasteiger partial charge is 0.275 e. The molecule has 1 aliphatic rings. The number of nitrogens with zero attached hydrogens (tertiary/aromatic N) is 2. The van der Waals surface area contributed by atoms with E-state index in [1.807, 2.05) is 0 Å². The summed E-state index contributed by atoms with van der Waals surface area (Å²) in [5.41, 5.74) is 1.65. The monoisotopic (exact) mass is 371 g/mol. The number of amides is 1. The van der Waals surface area contributed by atoms with Crippen molar-refractivity contribution in [1.82, 2.24) is 14.3 Å². The summed E-state index contributed by atoms with van der Waals surface area (Å²) in [6, 6.07) is 7.96. The maximum absolute atomic E-state index is 13.8. The third-order valence-corrected chi connectivity index (χ3v) is 5.04. The molecular formula is C20H22FN3O3. The van der Waals surface area contributed by atoms with Crippen molar-refractivity contribution in [3.05, 3.63) is 52.7 Å². The summed E-state index contributed by atoms with van der Waals surface area (Å²) >= 11 is 0. The number of aromatic nitrogens is 2. The molecule has 0 bridgehead atoms. The van der Waals surface area contributed by atoms with E-state index in [4.69, 9.17) is 4.74 Å². The molecule has 6 nitrogen and oxygen atoms in total. The van der Waals surface area contributed by atoms with Crippen LogP contribution < -0.4 is 10.9 Å². The normalized spacial score (nSPS) is 17.0. The molecule has 3 aromatic rings. The minimum absolute atomic E-state index is 0.0576. The van der Waals surface area contributed by atoms with E-state index in [1.54, 1.807) is 33.4 Å². The van der Waals surface area contributed by atoms with Gasteiger partial charge in [0, 0.05) is 32.3 Å². The summed E-state index contributed by atoms with van der Waals surface area (Å²) in [6.45, 7) is 1.64. The standard InChI is InChI=1S/C20H22FN3O3/c21-14-7-8-16-18(12-14)24(20(26)17-5-1-9-23(16)17)10-2-6-19(25)22-13-15-4-3-11-27-15/h1,5,7-9,12,15H,2-4,6,10-11,13H2,(H,22,25)/t15-/m1/s1. The van der Waals surface area contributed by atoms with Crippen LogP contribution in [-0.2, 0) is 16.1 Å². The molecule has 1 fully saturated rings. The van der Waals surface area contributed by atoms with Gasteiger partial charge in [-0.2, -0.15) is 0 Å². The molecule has 0 unspecified atom stereocenters. The lowest BCUT2D eigenvalue weighted by Gasteiger charge is -2.13. The van der Waals surface area contributed by atoms with Crippen molar-refractivity contribution in [2.75, 3.05) is 13.2 Å². The van der Waals surface area contributed by atoms with E-state index in [9.17, 15) is 14.0 Å². The molecule has 0 aliphatic carbocycles. The number of nitrogens with one attached hydrogen (secondary N) is 1. The van der Waals surface area contributed by atoms with Crippen LogP contribution >= 0.6 is 0 Å². The minimum Gasteiger partial charge on any atom is -0.376 e. The Morgan fingerprint density at radius 3 is 2.96 bits per heavy atom. The van der Waals surface area contributed by atoms with Gasteiger partial charge in [0.15, 0.2) is 0 Å². The summed E-state index contributed by atoms with van der Waals surface area (Å²) in [5.74, 6) is -0.450.